The molecule has 1 aliphatic heterocycles. The number of nitrogens with one attached hydrogen (secondary N) is 5. The topological polar surface area (TPSA) is 314 Å². The number of carbonyl (C=O) groups is 9. The van der Waals surface area contributed by atoms with Gasteiger partial charge >= 0.3 is 18.2 Å². The van der Waals surface area contributed by atoms with Crippen LogP contribution in [0.25, 0.3) is 0 Å². The Morgan fingerprint density at radius 1 is 0.773 bits per heavy atom. The van der Waals surface area contributed by atoms with Crippen LogP contribution < -0.4 is 37.1 Å². The standard InChI is InChI=1S/C44H58N8O14/c1-27(2)38(50-40(58)33(20-23-37(56)66-44(3,4)5)48-34(53)11-7-6-8-25-51-35(54)21-22-36(51)55)41(59)49-32(10-9-24-46-42(45)60)39(57)47-29-14-12-28(13-15-29)26-64-43(61)65-31-18-16-30(17-19-31)52(62)63/h12-19,21-22,27,32-33,38H,6-11,20,23-26H2,1-5H3,(H,47,57)(H,48,53)(H,49,59)(H,50,58)(H3,45,46,60)/t32-,33-,38-/m0/s1. The van der Waals surface area contributed by atoms with Crippen LogP contribution >= 0.6 is 0 Å². The van der Waals surface area contributed by atoms with Crippen molar-refractivity contribution >= 4 is 65.0 Å². The molecule has 3 rings (SSSR count). The van der Waals surface area contributed by atoms with Crippen molar-refractivity contribution in [2.24, 2.45) is 11.7 Å². The van der Waals surface area contributed by atoms with E-state index in [2.05, 4.69) is 26.6 Å². The second-order valence-corrected chi connectivity index (χ2v) is 16.5. The Morgan fingerprint density at radius 2 is 1.41 bits per heavy atom. The van der Waals surface area contributed by atoms with Gasteiger partial charge in [0.1, 0.15) is 36.1 Å². The number of hydrogen-bond donors (Lipinski definition) is 6. The number of amides is 8. The molecule has 0 bridgehead atoms. The summed E-state index contributed by atoms with van der Waals surface area (Å²) in [6.07, 6.45) is 2.45. The molecule has 0 aliphatic carbocycles. The van der Waals surface area contributed by atoms with Crippen LogP contribution in [0.2, 0.25) is 0 Å². The Labute approximate surface area is 381 Å². The number of nitrogens with two attached hydrogens (primary N) is 1. The van der Waals surface area contributed by atoms with Gasteiger partial charge in [-0.1, -0.05) is 32.4 Å². The van der Waals surface area contributed by atoms with Crippen LogP contribution in [0.4, 0.5) is 21.0 Å². The number of nitro groups is 1. The number of unbranched alkanes of at least 4 members (excludes halogenated alkanes) is 2. The summed E-state index contributed by atoms with van der Waals surface area (Å²) in [7, 11) is 0. The summed E-state index contributed by atoms with van der Waals surface area (Å²) in [6.45, 7) is 8.41. The zero-order chi connectivity index (χ0) is 49.0. The van der Waals surface area contributed by atoms with Crippen molar-refractivity contribution in [3.8, 4) is 5.75 Å². The molecule has 2 aromatic carbocycles. The average molecular weight is 923 g/mol. The Hall–Kier alpha value is -7.39. The van der Waals surface area contributed by atoms with E-state index in [4.69, 9.17) is 19.9 Å². The first-order valence-corrected chi connectivity index (χ1v) is 21.3. The highest BCUT2D eigenvalue weighted by Gasteiger charge is 2.32. The number of ether oxygens (including phenoxy) is 3. The Balaban J connectivity index is 1.65. The Bertz CT molecular complexity index is 2080. The summed E-state index contributed by atoms with van der Waals surface area (Å²) in [4.78, 5) is 125. The van der Waals surface area contributed by atoms with E-state index in [0.717, 1.165) is 4.90 Å². The zero-order valence-corrected chi connectivity index (χ0v) is 37.5. The first-order valence-electron chi connectivity index (χ1n) is 21.3. The summed E-state index contributed by atoms with van der Waals surface area (Å²) >= 11 is 0. The SMILES string of the molecule is CC(C)[C@H](NC(=O)[C@H](CCC(=O)OC(C)(C)C)NC(=O)CCCCCN1C(=O)C=CC1=O)C(=O)N[C@@H](CCCNC(N)=O)C(=O)Nc1ccc(COC(=O)Oc2ccc([N+](=O)[O-])cc2)cc1. The quantitative estimate of drug-likeness (QED) is 0.0208. The predicted octanol–water partition coefficient (Wildman–Crippen LogP) is 3.42. The summed E-state index contributed by atoms with van der Waals surface area (Å²) in [5, 5.41) is 24.0. The molecule has 22 heteroatoms. The summed E-state index contributed by atoms with van der Waals surface area (Å²) in [6, 6.07) is 6.50. The second-order valence-electron chi connectivity index (χ2n) is 16.5. The van der Waals surface area contributed by atoms with Crippen LogP contribution in [0.1, 0.15) is 91.5 Å². The third kappa shape index (κ3) is 19.2. The molecular weight excluding hydrogens is 865 g/mol. The van der Waals surface area contributed by atoms with Crippen LogP contribution in [0, 0.1) is 16.0 Å². The maximum atomic E-state index is 13.9. The van der Waals surface area contributed by atoms with Crippen molar-refractivity contribution < 1.29 is 62.3 Å². The molecule has 0 fully saturated rings. The van der Waals surface area contributed by atoms with Crippen LogP contribution in [-0.2, 0) is 49.6 Å². The molecule has 0 spiro atoms. The van der Waals surface area contributed by atoms with E-state index in [1.54, 1.807) is 46.8 Å². The number of esters is 1. The van der Waals surface area contributed by atoms with Gasteiger partial charge in [-0.15, -0.1) is 0 Å². The van der Waals surface area contributed by atoms with Gasteiger partial charge in [0.25, 0.3) is 17.5 Å². The lowest BCUT2D eigenvalue weighted by molar-refractivity contribution is -0.384. The van der Waals surface area contributed by atoms with Crippen molar-refractivity contribution in [2.45, 2.75) is 116 Å². The Morgan fingerprint density at radius 3 is 2.00 bits per heavy atom. The number of hydrogen-bond acceptors (Lipinski definition) is 14. The summed E-state index contributed by atoms with van der Waals surface area (Å²) in [5.74, 6) is -4.59. The van der Waals surface area contributed by atoms with Gasteiger partial charge in [-0.2, -0.15) is 0 Å². The smallest absolute Gasteiger partial charge is 0.460 e. The van der Waals surface area contributed by atoms with Crippen LogP contribution in [0.5, 0.6) is 5.75 Å². The molecule has 8 amide bonds. The number of primary amides is 1. The molecule has 0 aromatic heterocycles. The van der Waals surface area contributed by atoms with Crippen molar-refractivity contribution in [1.29, 1.82) is 0 Å². The van der Waals surface area contributed by atoms with E-state index in [1.165, 1.54) is 48.6 Å². The van der Waals surface area contributed by atoms with Gasteiger partial charge < -0.3 is 46.5 Å². The summed E-state index contributed by atoms with van der Waals surface area (Å²) in [5.41, 5.74) is 5.01. The van der Waals surface area contributed by atoms with Gasteiger partial charge in [-0.05, 0) is 88.6 Å². The van der Waals surface area contributed by atoms with Crippen LogP contribution in [-0.4, -0.2) is 100 Å². The second kappa shape index (κ2) is 25.8. The molecule has 0 unspecified atom stereocenters. The van der Waals surface area contributed by atoms with E-state index >= 15 is 0 Å². The van der Waals surface area contributed by atoms with Gasteiger partial charge in [0.05, 0.1) is 4.92 Å². The summed E-state index contributed by atoms with van der Waals surface area (Å²) < 4.78 is 15.5. The predicted molar refractivity (Wildman–Crippen MR) is 236 cm³/mol. The zero-order valence-electron chi connectivity index (χ0n) is 37.5. The van der Waals surface area contributed by atoms with Gasteiger partial charge in [0.2, 0.25) is 23.6 Å². The highest BCUT2D eigenvalue weighted by Crippen LogP contribution is 2.19. The van der Waals surface area contributed by atoms with Gasteiger partial charge in [0.15, 0.2) is 0 Å². The lowest BCUT2D eigenvalue weighted by Crippen LogP contribution is -2.58. The molecule has 358 valence electrons. The molecule has 2 aromatic rings. The maximum Gasteiger partial charge on any atom is 0.514 e. The first-order chi connectivity index (χ1) is 31.1. The molecule has 1 heterocycles. The number of nitro benzene ring substituents is 1. The lowest BCUT2D eigenvalue weighted by atomic mass is 10.0. The Kier molecular flexibility index (Phi) is 20.7. The number of anilines is 1. The highest BCUT2D eigenvalue weighted by molar-refractivity contribution is 6.12. The third-order valence-electron chi connectivity index (χ3n) is 9.57. The van der Waals surface area contributed by atoms with Crippen molar-refractivity contribution in [3.63, 3.8) is 0 Å². The van der Waals surface area contributed by atoms with Gasteiger partial charge in [-0.3, -0.25) is 48.6 Å². The lowest BCUT2D eigenvalue weighted by Gasteiger charge is -2.27. The van der Waals surface area contributed by atoms with E-state index < -0.39 is 88.2 Å². The molecule has 0 saturated heterocycles. The fourth-order valence-electron chi connectivity index (χ4n) is 6.23. The molecule has 22 nitrogen and oxygen atoms in total. The van der Waals surface area contributed by atoms with Gasteiger partial charge in [-0.25, -0.2) is 9.59 Å². The number of rotatable bonds is 25. The molecule has 0 radical (unpaired) electrons. The largest absolute Gasteiger partial charge is 0.514 e. The molecule has 66 heavy (non-hydrogen) atoms. The van der Waals surface area contributed by atoms with E-state index in [-0.39, 0.29) is 63.2 Å². The van der Waals surface area contributed by atoms with Gasteiger partial charge in [0, 0.05) is 55.9 Å². The van der Waals surface area contributed by atoms with E-state index in [0.29, 0.717) is 30.5 Å². The van der Waals surface area contributed by atoms with Crippen molar-refractivity contribution in [2.75, 3.05) is 18.4 Å². The van der Waals surface area contributed by atoms with Crippen molar-refractivity contribution in [3.05, 3.63) is 76.4 Å². The van der Waals surface area contributed by atoms with Crippen LogP contribution in [0.15, 0.2) is 60.7 Å². The molecule has 7 N–H and O–H groups in total. The minimum absolute atomic E-state index is 0.0108. The normalized spacial score (nSPS) is 13.5. The molecule has 0 saturated carbocycles. The van der Waals surface area contributed by atoms with Crippen molar-refractivity contribution in [1.82, 2.24) is 26.2 Å². The minimum atomic E-state index is -1.27. The fraction of sp³-hybridized carbons (Fsp3) is 0.477. The monoisotopic (exact) mass is 922 g/mol. The molecular formula is C44H58N8O14. The number of imide groups is 1. The minimum Gasteiger partial charge on any atom is -0.460 e. The highest BCUT2D eigenvalue weighted by atomic mass is 16.7. The number of benzene rings is 2. The number of urea groups is 1. The number of carbonyl (C=O) groups excluding carboxylic acids is 9. The maximum absolute atomic E-state index is 13.9. The first kappa shape index (κ1) is 53.0. The fourth-order valence-corrected chi connectivity index (χ4v) is 6.23. The third-order valence-corrected chi connectivity index (χ3v) is 9.57. The average Bonchev–Trinajstić information content (AvgIpc) is 3.56. The van der Waals surface area contributed by atoms with E-state index in [1.807, 2.05) is 0 Å². The molecule has 3 atom stereocenters. The number of nitrogens with zero attached hydrogens (tertiary/aromatic N) is 2. The van der Waals surface area contributed by atoms with Crippen LogP contribution in [0.3, 0.4) is 0 Å². The molecule has 1 aliphatic rings. The number of non-ortho nitro benzene ring substituents is 1. The van der Waals surface area contributed by atoms with E-state index in [9.17, 15) is 53.3 Å².